The maximum Gasteiger partial charge on any atom is 0.317 e. The van der Waals surface area contributed by atoms with Gasteiger partial charge in [0.1, 0.15) is 0 Å². The SMILES string of the molecule is CN(Cc1ccc(S(C)=O)cc1)C(=O)NC1CCCSC1. The first-order valence-corrected chi connectivity index (χ1v) is 9.79. The molecule has 1 aromatic carbocycles. The molecule has 116 valence electrons. The molecule has 4 nitrogen and oxygen atoms in total. The van der Waals surface area contributed by atoms with Gasteiger partial charge in [-0.15, -0.1) is 0 Å². The van der Waals surface area contributed by atoms with E-state index in [4.69, 9.17) is 0 Å². The number of thioether (sulfide) groups is 1. The minimum Gasteiger partial charge on any atom is -0.334 e. The zero-order chi connectivity index (χ0) is 15.2. The van der Waals surface area contributed by atoms with Crippen molar-refractivity contribution in [1.29, 1.82) is 0 Å². The Hall–Kier alpha value is -1.01. The van der Waals surface area contributed by atoms with E-state index >= 15 is 0 Å². The predicted octanol–water partition coefficient (Wildman–Crippen LogP) is 2.46. The largest absolute Gasteiger partial charge is 0.334 e. The Kier molecular flexibility index (Phi) is 6.11. The van der Waals surface area contributed by atoms with Crippen molar-refractivity contribution >= 4 is 28.6 Å². The van der Waals surface area contributed by atoms with Crippen LogP contribution in [0.5, 0.6) is 0 Å². The lowest BCUT2D eigenvalue weighted by molar-refractivity contribution is 0.203. The van der Waals surface area contributed by atoms with E-state index < -0.39 is 10.8 Å². The summed E-state index contributed by atoms with van der Waals surface area (Å²) >= 11 is 1.90. The maximum absolute atomic E-state index is 12.1. The van der Waals surface area contributed by atoms with Gasteiger partial charge < -0.3 is 10.2 Å². The third-order valence-electron chi connectivity index (χ3n) is 3.51. The Morgan fingerprint density at radius 2 is 2.14 bits per heavy atom. The highest BCUT2D eigenvalue weighted by Crippen LogP contribution is 2.17. The van der Waals surface area contributed by atoms with Crippen LogP contribution in [0.15, 0.2) is 29.2 Å². The van der Waals surface area contributed by atoms with Crippen LogP contribution in [0.1, 0.15) is 18.4 Å². The Morgan fingerprint density at radius 1 is 1.43 bits per heavy atom. The molecule has 0 saturated carbocycles. The van der Waals surface area contributed by atoms with E-state index in [1.165, 1.54) is 12.2 Å². The van der Waals surface area contributed by atoms with E-state index in [2.05, 4.69) is 5.32 Å². The van der Waals surface area contributed by atoms with Gasteiger partial charge in [0, 0.05) is 47.3 Å². The standard InChI is InChI=1S/C15H22N2O2S2/c1-17(15(18)16-13-4-3-9-20-11-13)10-12-5-7-14(8-6-12)21(2)19/h5-8,13H,3-4,9-11H2,1-2H3,(H,16,18). The Morgan fingerprint density at radius 3 is 2.71 bits per heavy atom. The first kappa shape index (κ1) is 16.4. The minimum atomic E-state index is -0.959. The molecule has 1 N–H and O–H groups in total. The highest BCUT2D eigenvalue weighted by Gasteiger charge is 2.18. The van der Waals surface area contributed by atoms with Crippen molar-refractivity contribution in [3.8, 4) is 0 Å². The summed E-state index contributed by atoms with van der Waals surface area (Å²) in [6, 6.07) is 7.84. The molecule has 2 unspecified atom stereocenters. The number of carbonyl (C=O) groups excluding carboxylic acids is 1. The molecule has 2 atom stereocenters. The first-order valence-electron chi connectivity index (χ1n) is 7.08. The topological polar surface area (TPSA) is 49.4 Å². The molecule has 0 bridgehead atoms. The summed E-state index contributed by atoms with van der Waals surface area (Å²) in [7, 11) is 0.844. The van der Waals surface area contributed by atoms with Gasteiger partial charge in [0.25, 0.3) is 0 Å². The number of benzene rings is 1. The molecule has 1 heterocycles. The molecule has 1 saturated heterocycles. The average Bonchev–Trinajstić information content (AvgIpc) is 2.48. The summed E-state index contributed by atoms with van der Waals surface area (Å²) in [5, 5.41) is 3.09. The van der Waals surface area contributed by atoms with Gasteiger partial charge in [0.2, 0.25) is 0 Å². The predicted molar refractivity (Wildman–Crippen MR) is 89.1 cm³/mol. The van der Waals surface area contributed by atoms with E-state index in [0.29, 0.717) is 12.6 Å². The molecule has 21 heavy (non-hydrogen) atoms. The summed E-state index contributed by atoms with van der Waals surface area (Å²) in [5.74, 6) is 2.21. The fourth-order valence-electron chi connectivity index (χ4n) is 2.27. The number of nitrogens with zero attached hydrogens (tertiary/aromatic N) is 1. The molecule has 0 radical (unpaired) electrons. The lowest BCUT2D eigenvalue weighted by Crippen LogP contribution is -2.44. The van der Waals surface area contributed by atoms with E-state index in [1.54, 1.807) is 18.2 Å². The fraction of sp³-hybridized carbons (Fsp3) is 0.533. The van der Waals surface area contributed by atoms with Gasteiger partial charge in [-0.2, -0.15) is 11.8 Å². The van der Waals surface area contributed by atoms with E-state index in [0.717, 1.165) is 22.6 Å². The highest BCUT2D eigenvalue weighted by atomic mass is 32.2. The molecule has 1 fully saturated rings. The molecular formula is C15H22N2O2S2. The zero-order valence-electron chi connectivity index (χ0n) is 12.5. The third kappa shape index (κ3) is 5.04. The zero-order valence-corrected chi connectivity index (χ0v) is 14.1. The van der Waals surface area contributed by atoms with E-state index in [9.17, 15) is 9.00 Å². The van der Waals surface area contributed by atoms with Gasteiger partial charge in [0.05, 0.1) is 0 Å². The highest BCUT2D eigenvalue weighted by molar-refractivity contribution is 7.99. The monoisotopic (exact) mass is 326 g/mol. The van der Waals surface area contributed by atoms with Crippen LogP contribution in [-0.4, -0.2) is 46.0 Å². The number of rotatable bonds is 4. The first-order chi connectivity index (χ1) is 10.1. The number of hydrogen-bond donors (Lipinski definition) is 1. The molecule has 2 rings (SSSR count). The summed E-state index contributed by atoms with van der Waals surface area (Å²) < 4.78 is 11.3. The summed E-state index contributed by atoms with van der Waals surface area (Å²) in [6.07, 6.45) is 3.91. The lowest BCUT2D eigenvalue weighted by atomic mass is 10.2. The van der Waals surface area contributed by atoms with Crippen LogP contribution in [0.4, 0.5) is 4.79 Å². The van der Waals surface area contributed by atoms with Gasteiger partial charge in [-0.05, 0) is 36.3 Å². The Bertz CT molecular complexity index is 499. The fourth-order valence-corrected chi connectivity index (χ4v) is 3.86. The molecule has 0 spiro atoms. The number of hydrogen-bond acceptors (Lipinski definition) is 3. The van der Waals surface area contributed by atoms with Gasteiger partial charge in [-0.1, -0.05) is 12.1 Å². The molecule has 2 amide bonds. The number of urea groups is 1. The lowest BCUT2D eigenvalue weighted by Gasteiger charge is -2.26. The van der Waals surface area contributed by atoms with Gasteiger partial charge in [-0.3, -0.25) is 4.21 Å². The smallest absolute Gasteiger partial charge is 0.317 e. The Balaban J connectivity index is 1.86. The number of nitrogens with one attached hydrogen (secondary N) is 1. The van der Waals surface area contributed by atoms with Crippen LogP contribution in [0.25, 0.3) is 0 Å². The van der Waals surface area contributed by atoms with Crippen molar-refractivity contribution in [3.05, 3.63) is 29.8 Å². The van der Waals surface area contributed by atoms with Crippen LogP contribution >= 0.6 is 11.8 Å². The molecule has 0 aliphatic carbocycles. The number of amides is 2. The van der Waals surface area contributed by atoms with Crippen LogP contribution in [0, 0.1) is 0 Å². The second kappa shape index (κ2) is 7.84. The normalized spacial score (nSPS) is 19.8. The van der Waals surface area contributed by atoms with Gasteiger partial charge in [0.15, 0.2) is 0 Å². The third-order valence-corrected chi connectivity index (χ3v) is 5.66. The van der Waals surface area contributed by atoms with Gasteiger partial charge in [-0.25, -0.2) is 4.79 Å². The summed E-state index contributed by atoms with van der Waals surface area (Å²) in [4.78, 5) is 14.6. The second-order valence-corrected chi connectivity index (χ2v) is 7.85. The van der Waals surface area contributed by atoms with E-state index in [-0.39, 0.29) is 6.03 Å². The van der Waals surface area contributed by atoms with Crippen molar-refractivity contribution in [2.45, 2.75) is 30.3 Å². The molecule has 1 aliphatic rings. The molecule has 1 aromatic rings. The summed E-state index contributed by atoms with van der Waals surface area (Å²) in [6.45, 7) is 0.558. The van der Waals surface area contributed by atoms with Crippen molar-refractivity contribution < 1.29 is 9.00 Å². The van der Waals surface area contributed by atoms with Crippen molar-refractivity contribution in [2.24, 2.45) is 0 Å². The van der Waals surface area contributed by atoms with Crippen LogP contribution in [-0.2, 0) is 17.3 Å². The maximum atomic E-state index is 12.1. The second-order valence-electron chi connectivity index (χ2n) is 5.32. The molecule has 0 aromatic heterocycles. The quantitative estimate of drug-likeness (QED) is 0.925. The molecule has 6 heteroatoms. The van der Waals surface area contributed by atoms with Crippen LogP contribution < -0.4 is 5.32 Å². The average molecular weight is 326 g/mol. The van der Waals surface area contributed by atoms with Crippen molar-refractivity contribution in [1.82, 2.24) is 10.2 Å². The summed E-state index contributed by atoms with van der Waals surface area (Å²) in [5.41, 5.74) is 1.04. The molecule has 1 aliphatic heterocycles. The molecular weight excluding hydrogens is 304 g/mol. The van der Waals surface area contributed by atoms with Crippen LogP contribution in [0.3, 0.4) is 0 Å². The number of carbonyl (C=O) groups is 1. The Labute approximate surface area is 133 Å². The minimum absolute atomic E-state index is 0.0226. The van der Waals surface area contributed by atoms with Crippen molar-refractivity contribution in [3.63, 3.8) is 0 Å². The van der Waals surface area contributed by atoms with E-state index in [1.807, 2.05) is 36.0 Å². The van der Waals surface area contributed by atoms with Crippen LogP contribution in [0.2, 0.25) is 0 Å². The van der Waals surface area contributed by atoms with Gasteiger partial charge >= 0.3 is 6.03 Å². The van der Waals surface area contributed by atoms with Crippen molar-refractivity contribution in [2.75, 3.05) is 24.8 Å².